The van der Waals surface area contributed by atoms with Crippen LogP contribution in [0.2, 0.25) is 0 Å². The number of sulfone groups is 1. The summed E-state index contributed by atoms with van der Waals surface area (Å²) in [6.45, 7) is 0.675. The molecule has 124 valence electrons. The van der Waals surface area contributed by atoms with E-state index in [0.29, 0.717) is 24.2 Å². The minimum Gasteiger partial charge on any atom is -0.370 e. The van der Waals surface area contributed by atoms with Gasteiger partial charge in [0.2, 0.25) is 20.9 Å². The number of primary amides is 1. The van der Waals surface area contributed by atoms with Gasteiger partial charge in [-0.05, 0) is 12.8 Å². The van der Waals surface area contributed by atoms with Gasteiger partial charge in [0, 0.05) is 37.2 Å². The summed E-state index contributed by atoms with van der Waals surface area (Å²) in [5.41, 5.74) is 6.24. The molecule has 2 rings (SSSR count). The number of aromatic nitrogens is 5. The summed E-state index contributed by atoms with van der Waals surface area (Å²) < 4.78 is 24.3. The number of rotatable bonds is 8. The molecule has 0 unspecified atom stereocenters. The molecule has 2 aromatic rings. The molecule has 23 heavy (non-hydrogen) atoms. The molecule has 0 bridgehead atoms. The van der Waals surface area contributed by atoms with Crippen molar-refractivity contribution in [1.82, 2.24) is 25.0 Å². The Labute approximate surface area is 133 Å². The van der Waals surface area contributed by atoms with Crippen molar-refractivity contribution >= 4 is 15.7 Å². The molecule has 0 spiro atoms. The predicted octanol–water partition coefficient (Wildman–Crippen LogP) is 0.184. The quantitative estimate of drug-likeness (QED) is 0.536. The molecule has 10 heteroatoms. The van der Waals surface area contributed by atoms with Crippen molar-refractivity contribution in [2.75, 3.05) is 6.26 Å². The molecule has 1 amide bonds. The first-order chi connectivity index (χ1) is 10.9. The highest BCUT2D eigenvalue weighted by molar-refractivity contribution is 7.90. The van der Waals surface area contributed by atoms with E-state index < -0.39 is 9.84 Å². The number of nitrogens with two attached hydrogens (primary N) is 1. The second-order valence-corrected chi connectivity index (χ2v) is 7.08. The Morgan fingerprint density at radius 2 is 1.91 bits per heavy atom. The number of hydrogen-bond donors (Lipinski definition) is 1. The van der Waals surface area contributed by atoms with Crippen molar-refractivity contribution in [2.45, 2.75) is 37.4 Å². The summed E-state index contributed by atoms with van der Waals surface area (Å²) in [4.78, 5) is 18.3. The largest absolute Gasteiger partial charge is 0.370 e. The summed E-state index contributed by atoms with van der Waals surface area (Å²) in [6, 6.07) is 0. The molecule has 0 radical (unpaired) electrons. The van der Waals surface area contributed by atoms with Crippen LogP contribution in [0.25, 0.3) is 11.3 Å². The third-order valence-corrected chi connectivity index (χ3v) is 3.98. The lowest BCUT2D eigenvalue weighted by Gasteiger charge is -2.00. The van der Waals surface area contributed by atoms with Crippen LogP contribution in [0.15, 0.2) is 23.7 Å². The zero-order valence-corrected chi connectivity index (χ0v) is 13.5. The Hall–Kier alpha value is -2.36. The van der Waals surface area contributed by atoms with Crippen LogP contribution < -0.4 is 5.73 Å². The van der Waals surface area contributed by atoms with Gasteiger partial charge < -0.3 is 5.73 Å². The molecular formula is C13H18N6O3S. The highest BCUT2D eigenvalue weighted by Gasteiger charge is 2.12. The maximum Gasteiger partial charge on any atom is 0.246 e. The van der Waals surface area contributed by atoms with Crippen LogP contribution in [0.3, 0.4) is 0 Å². The average Bonchev–Trinajstić information content (AvgIpc) is 2.95. The fraction of sp³-hybridized carbons (Fsp3) is 0.462. The molecule has 9 nitrogen and oxygen atoms in total. The first-order valence-electron chi connectivity index (χ1n) is 7.07. The van der Waals surface area contributed by atoms with E-state index in [2.05, 4.69) is 20.3 Å². The van der Waals surface area contributed by atoms with E-state index in [9.17, 15) is 13.2 Å². The molecule has 0 atom stereocenters. The number of carbonyl (C=O) groups is 1. The number of hydrogen-bond acceptors (Lipinski definition) is 7. The second-order valence-electron chi connectivity index (χ2n) is 5.17. The fourth-order valence-corrected chi connectivity index (χ4v) is 2.42. The molecule has 0 saturated heterocycles. The Balaban J connectivity index is 1.92. The first-order valence-corrected chi connectivity index (χ1v) is 8.96. The van der Waals surface area contributed by atoms with Gasteiger partial charge in [-0.2, -0.15) is 0 Å². The van der Waals surface area contributed by atoms with Gasteiger partial charge in [-0.1, -0.05) is 11.6 Å². The lowest BCUT2D eigenvalue weighted by Crippen LogP contribution is -2.09. The van der Waals surface area contributed by atoms with Crippen LogP contribution in [0.1, 0.15) is 25.7 Å². The molecule has 2 N–H and O–H groups in total. The standard InChI is InChI=1S/C13H18N6O3S/c1-23(21,22)13-15-7-10(8-16-13)11-9-19(18-17-11)6-4-2-3-5-12(14)20/h7-9H,2-6H2,1H3,(H2,14,20). The lowest BCUT2D eigenvalue weighted by atomic mass is 10.2. The van der Waals surface area contributed by atoms with Crippen molar-refractivity contribution in [2.24, 2.45) is 5.73 Å². The molecular weight excluding hydrogens is 320 g/mol. The van der Waals surface area contributed by atoms with Crippen LogP contribution >= 0.6 is 0 Å². The summed E-state index contributed by atoms with van der Waals surface area (Å²) in [7, 11) is -3.42. The second kappa shape index (κ2) is 7.27. The SMILES string of the molecule is CS(=O)(=O)c1ncc(-c2cn(CCCCCC(N)=O)nn2)cn1. The third kappa shape index (κ3) is 5.09. The normalized spacial score (nSPS) is 11.5. The Morgan fingerprint density at radius 1 is 1.22 bits per heavy atom. The van der Waals surface area contributed by atoms with Crippen LogP contribution in [0.4, 0.5) is 0 Å². The molecule has 0 fully saturated rings. The summed E-state index contributed by atoms with van der Waals surface area (Å²) in [5, 5.41) is 7.79. The van der Waals surface area contributed by atoms with E-state index in [1.165, 1.54) is 12.4 Å². The van der Waals surface area contributed by atoms with Crippen LogP contribution in [0.5, 0.6) is 0 Å². The van der Waals surface area contributed by atoms with E-state index in [-0.39, 0.29) is 11.1 Å². The van der Waals surface area contributed by atoms with E-state index >= 15 is 0 Å². The highest BCUT2D eigenvalue weighted by atomic mass is 32.2. The summed E-state index contributed by atoms with van der Waals surface area (Å²) >= 11 is 0. The molecule has 0 aliphatic carbocycles. The van der Waals surface area contributed by atoms with Crippen molar-refractivity contribution in [3.8, 4) is 11.3 Å². The summed E-state index contributed by atoms with van der Waals surface area (Å²) in [5.74, 6) is -0.286. The van der Waals surface area contributed by atoms with Gasteiger partial charge in [0.1, 0.15) is 5.69 Å². The summed E-state index contributed by atoms with van der Waals surface area (Å²) in [6.07, 6.45) is 8.51. The number of carbonyl (C=O) groups excluding carboxylic acids is 1. The molecule has 2 aromatic heterocycles. The van der Waals surface area contributed by atoms with Gasteiger partial charge in [0.05, 0.1) is 6.20 Å². The highest BCUT2D eigenvalue weighted by Crippen LogP contribution is 2.15. The lowest BCUT2D eigenvalue weighted by molar-refractivity contribution is -0.118. The fourth-order valence-electron chi connectivity index (χ4n) is 1.93. The van der Waals surface area contributed by atoms with Gasteiger partial charge in [-0.15, -0.1) is 5.10 Å². The van der Waals surface area contributed by atoms with Crippen LogP contribution in [-0.2, 0) is 21.2 Å². The number of unbranched alkanes of at least 4 members (excludes halogenated alkanes) is 2. The van der Waals surface area contributed by atoms with Gasteiger partial charge >= 0.3 is 0 Å². The third-order valence-electron chi connectivity index (χ3n) is 3.10. The number of nitrogens with zero attached hydrogens (tertiary/aromatic N) is 5. The number of amides is 1. The predicted molar refractivity (Wildman–Crippen MR) is 81.8 cm³/mol. The van der Waals surface area contributed by atoms with E-state index in [0.717, 1.165) is 25.5 Å². The Kier molecular flexibility index (Phi) is 5.37. The van der Waals surface area contributed by atoms with Gasteiger partial charge in [-0.3, -0.25) is 9.48 Å². The van der Waals surface area contributed by atoms with Gasteiger partial charge in [0.15, 0.2) is 0 Å². The van der Waals surface area contributed by atoms with E-state index in [1.54, 1.807) is 10.9 Å². The Bertz CT molecular complexity index is 769. The van der Waals surface area contributed by atoms with Crippen LogP contribution in [0, 0.1) is 0 Å². The molecule has 0 aromatic carbocycles. The smallest absolute Gasteiger partial charge is 0.246 e. The van der Waals surface area contributed by atoms with E-state index in [4.69, 9.17) is 5.73 Å². The van der Waals surface area contributed by atoms with Crippen molar-refractivity contribution in [3.05, 3.63) is 18.6 Å². The molecule has 0 saturated carbocycles. The van der Waals surface area contributed by atoms with Crippen molar-refractivity contribution in [3.63, 3.8) is 0 Å². The topological polar surface area (TPSA) is 134 Å². The van der Waals surface area contributed by atoms with Crippen molar-refractivity contribution < 1.29 is 13.2 Å². The number of aryl methyl sites for hydroxylation is 1. The van der Waals surface area contributed by atoms with Gasteiger partial charge in [-0.25, -0.2) is 18.4 Å². The van der Waals surface area contributed by atoms with E-state index in [1.807, 2.05) is 0 Å². The zero-order chi connectivity index (χ0) is 16.9. The zero-order valence-electron chi connectivity index (χ0n) is 12.7. The minimum absolute atomic E-state index is 0.219. The monoisotopic (exact) mass is 338 g/mol. The minimum atomic E-state index is -3.42. The Morgan fingerprint density at radius 3 is 2.52 bits per heavy atom. The maximum atomic E-state index is 11.3. The van der Waals surface area contributed by atoms with Crippen molar-refractivity contribution in [1.29, 1.82) is 0 Å². The molecule has 0 aliphatic rings. The molecule has 0 aliphatic heterocycles. The first kappa shape index (κ1) is 17.0. The van der Waals surface area contributed by atoms with Crippen LogP contribution in [-0.4, -0.2) is 45.5 Å². The maximum absolute atomic E-state index is 11.3. The molecule has 2 heterocycles. The van der Waals surface area contributed by atoms with Gasteiger partial charge in [0.25, 0.3) is 0 Å². The average molecular weight is 338 g/mol.